The quantitative estimate of drug-likeness (QED) is 0.913. The van der Waals surface area contributed by atoms with Crippen LogP contribution in [0.4, 0.5) is 0 Å². The molecule has 0 spiro atoms. The minimum Gasteiger partial charge on any atom is -0.481 e. The van der Waals surface area contributed by atoms with Gasteiger partial charge in [-0.25, -0.2) is 8.42 Å². The molecule has 1 N–H and O–H groups in total. The van der Waals surface area contributed by atoms with Gasteiger partial charge in [0.05, 0.1) is 10.8 Å². The van der Waals surface area contributed by atoms with Crippen molar-refractivity contribution >= 4 is 27.6 Å². The van der Waals surface area contributed by atoms with Crippen molar-refractivity contribution in [2.45, 2.75) is 11.3 Å². The lowest BCUT2D eigenvalue weighted by Crippen LogP contribution is -2.30. The number of carboxylic acids is 1. The average molecular weight is 290 g/mol. The molecule has 2 rings (SSSR count). The van der Waals surface area contributed by atoms with Crippen molar-refractivity contribution in [1.29, 1.82) is 0 Å². The van der Waals surface area contributed by atoms with Crippen LogP contribution in [0.25, 0.3) is 0 Å². The Bertz CT molecular complexity index is 555. The van der Waals surface area contributed by atoms with Crippen LogP contribution in [0.2, 0.25) is 5.02 Å². The third-order valence-corrected chi connectivity index (χ3v) is 5.08. The second-order valence-electron chi connectivity index (χ2n) is 4.14. The molecule has 1 heterocycles. The van der Waals surface area contributed by atoms with Gasteiger partial charge in [0, 0.05) is 18.1 Å². The summed E-state index contributed by atoms with van der Waals surface area (Å²) in [5.74, 6) is -1.57. The molecule has 7 heteroatoms. The van der Waals surface area contributed by atoms with E-state index in [9.17, 15) is 13.2 Å². The van der Waals surface area contributed by atoms with Gasteiger partial charge >= 0.3 is 5.97 Å². The van der Waals surface area contributed by atoms with E-state index in [2.05, 4.69) is 0 Å². The maximum atomic E-state index is 12.2. The number of aliphatic carboxylic acids is 1. The lowest BCUT2D eigenvalue weighted by Gasteiger charge is -2.15. The fourth-order valence-electron chi connectivity index (χ4n) is 1.90. The Labute approximate surface area is 110 Å². The summed E-state index contributed by atoms with van der Waals surface area (Å²) in [7, 11) is -3.61. The summed E-state index contributed by atoms with van der Waals surface area (Å²) in [6, 6.07) is 5.84. The number of hydrogen-bond acceptors (Lipinski definition) is 3. The Hall–Kier alpha value is -1.11. The molecule has 1 aliphatic heterocycles. The molecule has 1 aromatic rings. The van der Waals surface area contributed by atoms with Gasteiger partial charge in [0.1, 0.15) is 0 Å². The Morgan fingerprint density at radius 3 is 2.44 bits per heavy atom. The highest BCUT2D eigenvalue weighted by Gasteiger charge is 2.35. The van der Waals surface area contributed by atoms with Crippen molar-refractivity contribution in [2.24, 2.45) is 5.92 Å². The van der Waals surface area contributed by atoms with E-state index in [0.717, 1.165) is 0 Å². The first kappa shape index (κ1) is 13.3. The molecule has 1 saturated heterocycles. The fourth-order valence-corrected chi connectivity index (χ4v) is 3.53. The summed E-state index contributed by atoms with van der Waals surface area (Å²) < 4.78 is 25.6. The highest BCUT2D eigenvalue weighted by Crippen LogP contribution is 2.25. The van der Waals surface area contributed by atoms with Crippen molar-refractivity contribution in [1.82, 2.24) is 4.31 Å². The monoisotopic (exact) mass is 289 g/mol. The van der Waals surface area contributed by atoms with E-state index in [1.807, 2.05) is 0 Å². The number of carbonyl (C=O) groups is 1. The van der Waals surface area contributed by atoms with Gasteiger partial charge in [0.2, 0.25) is 10.0 Å². The van der Waals surface area contributed by atoms with E-state index in [-0.39, 0.29) is 18.0 Å². The molecule has 1 aliphatic rings. The van der Waals surface area contributed by atoms with Crippen LogP contribution in [0.5, 0.6) is 0 Å². The Morgan fingerprint density at radius 2 is 1.94 bits per heavy atom. The highest BCUT2D eigenvalue weighted by atomic mass is 35.5. The zero-order chi connectivity index (χ0) is 13.3. The van der Waals surface area contributed by atoms with Crippen molar-refractivity contribution in [2.75, 3.05) is 13.1 Å². The van der Waals surface area contributed by atoms with Gasteiger partial charge in [-0.05, 0) is 30.7 Å². The Kier molecular flexibility index (Phi) is 3.61. The number of hydrogen-bond donors (Lipinski definition) is 1. The van der Waals surface area contributed by atoms with Gasteiger partial charge in [0.15, 0.2) is 0 Å². The number of benzene rings is 1. The third kappa shape index (κ3) is 2.50. The third-order valence-electron chi connectivity index (χ3n) is 2.95. The lowest BCUT2D eigenvalue weighted by atomic mass is 10.1. The second-order valence-corrected chi connectivity index (χ2v) is 6.52. The number of sulfonamides is 1. The molecule has 1 fully saturated rings. The molecule has 0 radical (unpaired) electrons. The van der Waals surface area contributed by atoms with Crippen LogP contribution in [0.15, 0.2) is 29.2 Å². The molecule has 0 amide bonds. The maximum Gasteiger partial charge on any atom is 0.307 e. The second kappa shape index (κ2) is 4.87. The van der Waals surface area contributed by atoms with E-state index < -0.39 is 21.9 Å². The van der Waals surface area contributed by atoms with Gasteiger partial charge in [-0.3, -0.25) is 4.79 Å². The normalized spacial score (nSPS) is 21.1. The minimum atomic E-state index is -3.61. The van der Waals surface area contributed by atoms with Crippen molar-refractivity contribution < 1.29 is 18.3 Å². The first-order valence-electron chi connectivity index (χ1n) is 5.40. The van der Waals surface area contributed by atoms with Gasteiger partial charge in [0.25, 0.3) is 0 Å². The van der Waals surface area contributed by atoms with Crippen LogP contribution in [0.1, 0.15) is 6.42 Å². The molecule has 0 bridgehead atoms. The summed E-state index contributed by atoms with van der Waals surface area (Å²) in [5, 5.41) is 9.32. The summed E-state index contributed by atoms with van der Waals surface area (Å²) >= 11 is 5.70. The SMILES string of the molecule is O=C(O)[C@@H]1CCN(S(=O)(=O)c2ccc(Cl)cc2)C1. The topological polar surface area (TPSA) is 74.7 Å². The van der Waals surface area contributed by atoms with E-state index >= 15 is 0 Å². The fraction of sp³-hybridized carbons (Fsp3) is 0.364. The molecule has 1 atom stereocenters. The van der Waals surface area contributed by atoms with E-state index in [0.29, 0.717) is 11.4 Å². The van der Waals surface area contributed by atoms with Gasteiger partial charge in [-0.1, -0.05) is 11.6 Å². The average Bonchev–Trinajstić information content (AvgIpc) is 2.79. The van der Waals surface area contributed by atoms with Gasteiger partial charge in [-0.15, -0.1) is 0 Å². The lowest BCUT2D eigenvalue weighted by molar-refractivity contribution is -0.141. The molecule has 0 saturated carbocycles. The van der Waals surface area contributed by atoms with Crippen LogP contribution in [0, 0.1) is 5.92 Å². The Morgan fingerprint density at radius 1 is 1.33 bits per heavy atom. The molecule has 0 unspecified atom stereocenters. The predicted octanol–water partition coefficient (Wildman–Crippen LogP) is 1.44. The molecular formula is C11H12ClNO4S. The highest BCUT2D eigenvalue weighted by molar-refractivity contribution is 7.89. The largest absolute Gasteiger partial charge is 0.481 e. The van der Waals surface area contributed by atoms with E-state index in [1.165, 1.54) is 28.6 Å². The minimum absolute atomic E-state index is 0.0281. The summed E-state index contributed by atoms with van der Waals surface area (Å²) in [6.45, 7) is 0.266. The number of halogens is 1. The molecule has 0 aliphatic carbocycles. The first-order chi connectivity index (χ1) is 8.41. The zero-order valence-electron chi connectivity index (χ0n) is 9.41. The van der Waals surface area contributed by atoms with Crippen molar-refractivity contribution in [3.8, 4) is 0 Å². The number of carboxylic acid groups (broad SMARTS) is 1. The maximum absolute atomic E-state index is 12.2. The van der Waals surface area contributed by atoms with Gasteiger partial charge in [-0.2, -0.15) is 4.31 Å². The standard InChI is InChI=1S/C11H12ClNO4S/c12-9-1-3-10(4-2-9)18(16,17)13-6-5-8(7-13)11(14)15/h1-4,8H,5-7H2,(H,14,15)/t8-/m1/s1. The van der Waals surface area contributed by atoms with Crippen LogP contribution in [0.3, 0.4) is 0 Å². The van der Waals surface area contributed by atoms with E-state index in [4.69, 9.17) is 16.7 Å². The smallest absolute Gasteiger partial charge is 0.307 e. The van der Waals surface area contributed by atoms with Crippen molar-refractivity contribution in [3.05, 3.63) is 29.3 Å². The van der Waals surface area contributed by atoms with Crippen LogP contribution in [-0.4, -0.2) is 36.9 Å². The van der Waals surface area contributed by atoms with Crippen LogP contribution in [-0.2, 0) is 14.8 Å². The van der Waals surface area contributed by atoms with Crippen molar-refractivity contribution in [3.63, 3.8) is 0 Å². The molecular weight excluding hydrogens is 278 g/mol. The molecule has 0 aromatic heterocycles. The molecule has 98 valence electrons. The molecule has 18 heavy (non-hydrogen) atoms. The molecule has 1 aromatic carbocycles. The summed E-state index contributed by atoms with van der Waals surface area (Å²) in [6.07, 6.45) is 0.349. The number of rotatable bonds is 3. The van der Waals surface area contributed by atoms with Crippen LogP contribution >= 0.6 is 11.6 Å². The van der Waals surface area contributed by atoms with Gasteiger partial charge < -0.3 is 5.11 Å². The first-order valence-corrected chi connectivity index (χ1v) is 7.21. The van der Waals surface area contributed by atoms with Crippen LogP contribution < -0.4 is 0 Å². The zero-order valence-corrected chi connectivity index (χ0v) is 11.0. The Balaban J connectivity index is 2.22. The summed E-state index contributed by atoms with van der Waals surface area (Å²) in [4.78, 5) is 11.0. The summed E-state index contributed by atoms with van der Waals surface area (Å²) in [5.41, 5.74) is 0. The predicted molar refractivity (Wildman–Crippen MR) is 66.0 cm³/mol. The van der Waals surface area contributed by atoms with E-state index in [1.54, 1.807) is 0 Å². The number of nitrogens with zero attached hydrogens (tertiary/aromatic N) is 1. The molecule has 5 nitrogen and oxygen atoms in total.